The Kier molecular flexibility index (Phi) is 2.58. The predicted octanol–water partition coefficient (Wildman–Crippen LogP) is 2.58. The highest BCUT2D eigenvalue weighted by atomic mass is 16.3. The van der Waals surface area contributed by atoms with E-state index in [1.807, 2.05) is 0 Å². The minimum Gasteiger partial charge on any atom is -0.393 e. The van der Waals surface area contributed by atoms with Crippen LogP contribution < -0.4 is 0 Å². The molecule has 1 rings (SSSR count). The standard InChI is InChI=1S/C10H20O/c1-8-4-5-9(11)7-10(2,3)6-8/h8-9,11H,4-7H2,1-3H3. The molecule has 0 aliphatic heterocycles. The Hall–Kier alpha value is -0.0400. The lowest BCUT2D eigenvalue weighted by Crippen LogP contribution is -2.18. The van der Waals surface area contributed by atoms with Gasteiger partial charge in [-0.2, -0.15) is 0 Å². The molecule has 0 heterocycles. The van der Waals surface area contributed by atoms with Crippen LogP contribution in [-0.2, 0) is 0 Å². The lowest BCUT2D eigenvalue weighted by molar-refractivity contribution is 0.116. The highest BCUT2D eigenvalue weighted by molar-refractivity contribution is 4.79. The van der Waals surface area contributed by atoms with Crippen molar-refractivity contribution < 1.29 is 5.11 Å². The van der Waals surface area contributed by atoms with Gasteiger partial charge in [-0.15, -0.1) is 0 Å². The Bertz CT molecular complexity index is 115. The molecule has 1 aliphatic rings. The summed E-state index contributed by atoms with van der Waals surface area (Å²) >= 11 is 0. The van der Waals surface area contributed by atoms with Crippen LogP contribution in [0.25, 0.3) is 0 Å². The first kappa shape index (κ1) is 9.05. The molecule has 0 radical (unpaired) electrons. The van der Waals surface area contributed by atoms with E-state index in [0.717, 1.165) is 18.8 Å². The molecule has 1 N–H and O–H groups in total. The fourth-order valence-electron chi connectivity index (χ4n) is 2.35. The van der Waals surface area contributed by atoms with E-state index in [0.29, 0.717) is 5.41 Å². The summed E-state index contributed by atoms with van der Waals surface area (Å²) in [5.41, 5.74) is 0.356. The van der Waals surface area contributed by atoms with Crippen LogP contribution >= 0.6 is 0 Å². The van der Waals surface area contributed by atoms with Gasteiger partial charge in [-0.05, 0) is 37.0 Å². The normalized spacial score (nSPS) is 38.2. The summed E-state index contributed by atoms with van der Waals surface area (Å²) in [6, 6.07) is 0. The van der Waals surface area contributed by atoms with Crippen LogP contribution in [0.1, 0.15) is 46.5 Å². The molecular formula is C10H20O. The van der Waals surface area contributed by atoms with Crippen molar-refractivity contribution >= 4 is 0 Å². The van der Waals surface area contributed by atoms with Crippen LogP contribution in [0.3, 0.4) is 0 Å². The predicted molar refractivity (Wildman–Crippen MR) is 47.4 cm³/mol. The van der Waals surface area contributed by atoms with E-state index in [1.54, 1.807) is 0 Å². The van der Waals surface area contributed by atoms with Crippen LogP contribution in [-0.4, -0.2) is 11.2 Å². The fraction of sp³-hybridized carbons (Fsp3) is 1.00. The van der Waals surface area contributed by atoms with Crippen molar-refractivity contribution in [2.75, 3.05) is 0 Å². The monoisotopic (exact) mass is 156 g/mol. The maximum absolute atomic E-state index is 9.54. The first-order valence-electron chi connectivity index (χ1n) is 4.68. The van der Waals surface area contributed by atoms with Gasteiger partial charge in [0.05, 0.1) is 6.10 Å². The molecule has 0 spiro atoms. The van der Waals surface area contributed by atoms with Gasteiger partial charge in [0.1, 0.15) is 0 Å². The molecule has 1 heteroatoms. The number of aliphatic hydroxyl groups excluding tert-OH is 1. The fourth-order valence-corrected chi connectivity index (χ4v) is 2.35. The van der Waals surface area contributed by atoms with E-state index >= 15 is 0 Å². The molecule has 1 aliphatic carbocycles. The molecular weight excluding hydrogens is 136 g/mol. The second-order valence-electron chi connectivity index (χ2n) is 4.91. The summed E-state index contributed by atoms with van der Waals surface area (Å²) in [5, 5.41) is 9.54. The van der Waals surface area contributed by atoms with Crippen LogP contribution in [0.2, 0.25) is 0 Å². The lowest BCUT2D eigenvalue weighted by Gasteiger charge is -2.25. The molecule has 66 valence electrons. The Balaban J connectivity index is 2.55. The third-order valence-corrected chi connectivity index (χ3v) is 2.68. The molecule has 2 unspecified atom stereocenters. The summed E-state index contributed by atoms with van der Waals surface area (Å²) in [4.78, 5) is 0. The smallest absolute Gasteiger partial charge is 0.0545 e. The van der Waals surface area contributed by atoms with Crippen molar-refractivity contribution in [3.63, 3.8) is 0 Å². The van der Waals surface area contributed by atoms with Gasteiger partial charge in [0.15, 0.2) is 0 Å². The van der Waals surface area contributed by atoms with Gasteiger partial charge in [-0.25, -0.2) is 0 Å². The van der Waals surface area contributed by atoms with Gasteiger partial charge in [0, 0.05) is 0 Å². The van der Waals surface area contributed by atoms with Crippen molar-refractivity contribution in [1.82, 2.24) is 0 Å². The summed E-state index contributed by atoms with van der Waals surface area (Å²) in [6.07, 6.45) is 4.41. The SMILES string of the molecule is CC1CCC(O)CC(C)(C)C1. The average molecular weight is 156 g/mol. The lowest BCUT2D eigenvalue weighted by atomic mass is 9.81. The minimum atomic E-state index is -0.0463. The zero-order valence-electron chi connectivity index (χ0n) is 7.93. The van der Waals surface area contributed by atoms with Crippen molar-refractivity contribution in [3.05, 3.63) is 0 Å². The summed E-state index contributed by atoms with van der Waals surface area (Å²) in [5.74, 6) is 0.794. The topological polar surface area (TPSA) is 20.2 Å². The Labute approximate surface area is 69.8 Å². The van der Waals surface area contributed by atoms with Crippen LogP contribution in [0.4, 0.5) is 0 Å². The zero-order chi connectivity index (χ0) is 8.48. The first-order chi connectivity index (χ1) is 4.99. The van der Waals surface area contributed by atoms with Crippen LogP contribution in [0.5, 0.6) is 0 Å². The van der Waals surface area contributed by atoms with E-state index < -0.39 is 0 Å². The summed E-state index contributed by atoms with van der Waals surface area (Å²) in [7, 11) is 0. The molecule has 0 amide bonds. The first-order valence-corrected chi connectivity index (χ1v) is 4.68. The van der Waals surface area contributed by atoms with Gasteiger partial charge in [0.2, 0.25) is 0 Å². The summed E-state index contributed by atoms with van der Waals surface area (Å²) in [6.45, 7) is 6.82. The average Bonchev–Trinajstić information content (AvgIpc) is 1.89. The maximum atomic E-state index is 9.54. The van der Waals surface area contributed by atoms with E-state index in [4.69, 9.17) is 0 Å². The molecule has 2 atom stereocenters. The molecule has 0 bridgehead atoms. The number of hydrogen-bond acceptors (Lipinski definition) is 1. The third kappa shape index (κ3) is 2.82. The minimum absolute atomic E-state index is 0.0463. The van der Waals surface area contributed by atoms with Crippen molar-refractivity contribution in [1.29, 1.82) is 0 Å². The van der Waals surface area contributed by atoms with Crippen LogP contribution in [0.15, 0.2) is 0 Å². The van der Waals surface area contributed by atoms with E-state index in [-0.39, 0.29) is 6.10 Å². The summed E-state index contributed by atoms with van der Waals surface area (Å²) < 4.78 is 0. The van der Waals surface area contributed by atoms with E-state index in [2.05, 4.69) is 20.8 Å². The van der Waals surface area contributed by atoms with Crippen molar-refractivity contribution in [2.45, 2.75) is 52.6 Å². The van der Waals surface area contributed by atoms with Crippen molar-refractivity contribution in [2.24, 2.45) is 11.3 Å². The second kappa shape index (κ2) is 3.14. The molecule has 11 heavy (non-hydrogen) atoms. The molecule has 0 aromatic rings. The molecule has 0 aromatic carbocycles. The molecule has 1 fully saturated rings. The second-order valence-corrected chi connectivity index (χ2v) is 4.91. The van der Waals surface area contributed by atoms with E-state index in [9.17, 15) is 5.11 Å². The van der Waals surface area contributed by atoms with Gasteiger partial charge < -0.3 is 5.11 Å². The number of aliphatic hydroxyl groups is 1. The largest absolute Gasteiger partial charge is 0.393 e. The van der Waals surface area contributed by atoms with Crippen LogP contribution in [0, 0.1) is 11.3 Å². The van der Waals surface area contributed by atoms with Crippen molar-refractivity contribution in [3.8, 4) is 0 Å². The quantitative estimate of drug-likeness (QED) is 0.534. The van der Waals surface area contributed by atoms with E-state index in [1.165, 1.54) is 12.8 Å². The van der Waals surface area contributed by atoms with Gasteiger partial charge >= 0.3 is 0 Å². The Morgan fingerprint density at radius 2 is 1.82 bits per heavy atom. The highest BCUT2D eigenvalue weighted by Gasteiger charge is 2.27. The Morgan fingerprint density at radius 1 is 1.18 bits per heavy atom. The number of rotatable bonds is 0. The highest BCUT2D eigenvalue weighted by Crippen LogP contribution is 2.36. The molecule has 0 saturated heterocycles. The van der Waals surface area contributed by atoms with Gasteiger partial charge in [0.25, 0.3) is 0 Å². The third-order valence-electron chi connectivity index (χ3n) is 2.68. The molecule has 1 nitrogen and oxygen atoms in total. The number of hydrogen-bond donors (Lipinski definition) is 1. The zero-order valence-corrected chi connectivity index (χ0v) is 7.93. The molecule has 1 saturated carbocycles. The Morgan fingerprint density at radius 3 is 2.45 bits per heavy atom. The van der Waals surface area contributed by atoms with Gasteiger partial charge in [-0.1, -0.05) is 20.8 Å². The molecule has 0 aromatic heterocycles. The maximum Gasteiger partial charge on any atom is 0.0545 e. The van der Waals surface area contributed by atoms with Gasteiger partial charge in [-0.3, -0.25) is 0 Å².